The molecule has 5 heteroatoms. The molecule has 0 unspecified atom stereocenters. The third-order valence-corrected chi connectivity index (χ3v) is 2.91. The lowest BCUT2D eigenvalue weighted by molar-refractivity contribution is -0.116. The summed E-state index contributed by atoms with van der Waals surface area (Å²) in [5, 5.41) is 2.72. The summed E-state index contributed by atoms with van der Waals surface area (Å²) in [6.07, 6.45) is 2.73. The quantitative estimate of drug-likeness (QED) is 0.808. The minimum atomic E-state index is -0.423. The van der Waals surface area contributed by atoms with Crippen LogP contribution in [0.3, 0.4) is 0 Å². The first-order valence-electron chi connectivity index (χ1n) is 5.45. The van der Waals surface area contributed by atoms with Gasteiger partial charge in [0.25, 0.3) is 0 Å². The highest BCUT2D eigenvalue weighted by Gasteiger charge is 2.24. The van der Waals surface area contributed by atoms with E-state index in [0.717, 1.165) is 12.8 Å². The number of hydrogen-bond donors (Lipinski definition) is 2. The largest absolute Gasteiger partial charge is 0.389 e. The molecule has 0 bridgehead atoms. The van der Waals surface area contributed by atoms with E-state index in [-0.39, 0.29) is 10.9 Å². The molecular formula is C12H13FN2OS. The summed E-state index contributed by atoms with van der Waals surface area (Å²) in [4.78, 5) is 11.7. The van der Waals surface area contributed by atoms with Crippen LogP contribution in [-0.4, -0.2) is 10.9 Å². The summed E-state index contributed by atoms with van der Waals surface area (Å²) >= 11 is 4.82. The zero-order valence-electron chi connectivity index (χ0n) is 9.20. The maximum atomic E-state index is 13.0. The van der Waals surface area contributed by atoms with Gasteiger partial charge >= 0.3 is 0 Å². The van der Waals surface area contributed by atoms with Crippen molar-refractivity contribution in [2.75, 3.05) is 5.32 Å². The zero-order valence-corrected chi connectivity index (χ0v) is 10.0. The van der Waals surface area contributed by atoms with E-state index >= 15 is 0 Å². The van der Waals surface area contributed by atoms with E-state index < -0.39 is 5.82 Å². The second kappa shape index (κ2) is 4.79. The van der Waals surface area contributed by atoms with Crippen LogP contribution in [-0.2, 0) is 4.79 Å². The van der Waals surface area contributed by atoms with Gasteiger partial charge in [0.05, 0.1) is 5.69 Å². The summed E-state index contributed by atoms with van der Waals surface area (Å²) in [5.41, 5.74) is 6.33. The molecule has 17 heavy (non-hydrogen) atoms. The van der Waals surface area contributed by atoms with E-state index in [2.05, 4.69) is 5.32 Å². The third-order valence-electron chi connectivity index (χ3n) is 2.69. The van der Waals surface area contributed by atoms with E-state index in [1.54, 1.807) is 0 Å². The first-order valence-corrected chi connectivity index (χ1v) is 5.86. The second-order valence-electron chi connectivity index (χ2n) is 4.25. The van der Waals surface area contributed by atoms with Crippen LogP contribution >= 0.6 is 12.2 Å². The summed E-state index contributed by atoms with van der Waals surface area (Å²) in [7, 11) is 0. The second-order valence-corrected chi connectivity index (χ2v) is 4.69. The number of thiocarbonyl (C=S) groups is 1. The highest BCUT2D eigenvalue weighted by Crippen LogP contribution is 2.32. The van der Waals surface area contributed by atoms with Crippen LogP contribution in [0.2, 0.25) is 0 Å². The number of halogens is 1. The van der Waals surface area contributed by atoms with Gasteiger partial charge in [-0.3, -0.25) is 4.79 Å². The van der Waals surface area contributed by atoms with E-state index in [1.165, 1.54) is 18.2 Å². The van der Waals surface area contributed by atoms with Gasteiger partial charge in [-0.05, 0) is 37.0 Å². The van der Waals surface area contributed by atoms with Crippen LogP contribution in [0.15, 0.2) is 18.2 Å². The molecular weight excluding hydrogens is 239 g/mol. The van der Waals surface area contributed by atoms with Gasteiger partial charge in [0.15, 0.2) is 0 Å². The summed E-state index contributed by atoms with van der Waals surface area (Å²) in [5.74, 6) is 0.00771. The maximum Gasteiger partial charge on any atom is 0.224 e. The minimum Gasteiger partial charge on any atom is -0.389 e. The standard InChI is InChI=1S/C12H13FN2OS/c13-8-3-4-10(9(6-8)12(14)17)15-11(16)5-7-1-2-7/h3-4,6-7H,1-2,5H2,(H2,14,17)(H,15,16). The first kappa shape index (κ1) is 12.0. The fourth-order valence-corrected chi connectivity index (χ4v) is 1.78. The molecule has 1 saturated carbocycles. The molecule has 0 spiro atoms. The fourth-order valence-electron chi connectivity index (χ4n) is 1.61. The number of nitrogens with two attached hydrogens (primary N) is 1. The van der Waals surface area contributed by atoms with Crippen molar-refractivity contribution in [3.8, 4) is 0 Å². The lowest BCUT2D eigenvalue weighted by Gasteiger charge is -2.10. The van der Waals surface area contributed by atoms with Gasteiger partial charge in [-0.1, -0.05) is 12.2 Å². The fraction of sp³-hybridized carbons (Fsp3) is 0.333. The molecule has 0 atom stereocenters. The van der Waals surface area contributed by atoms with E-state index in [0.29, 0.717) is 23.6 Å². The Morgan fingerprint density at radius 3 is 2.82 bits per heavy atom. The lowest BCUT2D eigenvalue weighted by Crippen LogP contribution is -2.18. The number of amides is 1. The van der Waals surface area contributed by atoms with E-state index in [9.17, 15) is 9.18 Å². The highest BCUT2D eigenvalue weighted by molar-refractivity contribution is 7.80. The number of nitrogens with one attached hydrogen (secondary N) is 1. The van der Waals surface area contributed by atoms with Gasteiger partial charge in [0.2, 0.25) is 5.91 Å². The van der Waals surface area contributed by atoms with Gasteiger partial charge in [0.1, 0.15) is 10.8 Å². The van der Waals surface area contributed by atoms with Crippen molar-refractivity contribution < 1.29 is 9.18 Å². The number of carbonyl (C=O) groups excluding carboxylic acids is 1. The van der Waals surface area contributed by atoms with Gasteiger partial charge in [-0.25, -0.2) is 4.39 Å². The van der Waals surface area contributed by atoms with E-state index in [4.69, 9.17) is 18.0 Å². The Kier molecular flexibility index (Phi) is 3.38. The molecule has 1 amide bonds. The predicted molar refractivity (Wildman–Crippen MR) is 68.3 cm³/mol. The minimum absolute atomic E-state index is 0.0726. The first-order chi connectivity index (χ1) is 8.06. The molecule has 3 nitrogen and oxygen atoms in total. The van der Waals surface area contributed by atoms with Crippen LogP contribution in [0.5, 0.6) is 0 Å². The van der Waals surface area contributed by atoms with Crippen LogP contribution in [0, 0.1) is 11.7 Å². The van der Waals surface area contributed by atoms with Crippen molar-refractivity contribution in [2.24, 2.45) is 11.7 Å². The van der Waals surface area contributed by atoms with Crippen LogP contribution in [0.1, 0.15) is 24.8 Å². The van der Waals surface area contributed by atoms with Crippen LogP contribution < -0.4 is 11.1 Å². The highest BCUT2D eigenvalue weighted by atomic mass is 32.1. The smallest absolute Gasteiger partial charge is 0.224 e. The number of anilines is 1. The Hall–Kier alpha value is -1.49. The molecule has 90 valence electrons. The molecule has 0 radical (unpaired) electrons. The van der Waals surface area contributed by atoms with E-state index in [1.807, 2.05) is 0 Å². The molecule has 0 aromatic heterocycles. The molecule has 1 aromatic carbocycles. The molecule has 0 heterocycles. The van der Waals surface area contributed by atoms with Gasteiger partial charge in [-0.2, -0.15) is 0 Å². The topological polar surface area (TPSA) is 55.1 Å². The molecule has 0 aliphatic heterocycles. The average molecular weight is 252 g/mol. The molecule has 1 fully saturated rings. The maximum absolute atomic E-state index is 13.0. The average Bonchev–Trinajstić information content (AvgIpc) is 3.04. The Balaban J connectivity index is 2.13. The third kappa shape index (κ3) is 3.23. The summed E-state index contributed by atoms with van der Waals surface area (Å²) in [6.45, 7) is 0. The number of carbonyl (C=O) groups is 1. The van der Waals surface area contributed by atoms with Crippen LogP contribution in [0.25, 0.3) is 0 Å². The zero-order chi connectivity index (χ0) is 12.4. The Bertz CT molecular complexity index is 472. The van der Waals surface area contributed by atoms with Crippen molar-refractivity contribution in [3.63, 3.8) is 0 Å². The molecule has 1 aliphatic rings. The SMILES string of the molecule is NC(=S)c1cc(F)ccc1NC(=O)CC1CC1. The Morgan fingerprint density at radius 1 is 1.53 bits per heavy atom. The van der Waals surface area contributed by atoms with Crippen molar-refractivity contribution in [1.82, 2.24) is 0 Å². The van der Waals surface area contributed by atoms with Crippen molar-refractivity contribution in [3.05, 3.63) is 29.6 Å². The monoisotopic (exact) mass is 252 g/mol. The molecule has 1 aliphatic carbocycles. The Labute approximate surface area is 104 Å². The van der Waals surface area contributed by atoms with Gasteiger partial charge < -0.3 is 11.1 Å². The molecule has 0 saturated heterocycles. The molecule has 2 rings (SSSR count). The van der Waals surface area contributed by atoms with Gasteiger partial charge in [-0.15, -0.1) is 0 Å². The summed E-state index contributed by atoms with van der Waals surface area (Å²) < 4.78 is 13.0. The number of rotatable bonds is 4. The molecule has 1 aromatic rings. The van der Waals surface area contributed by atoms with Crippen molar-refractivity contribution in [2.45, 2.75) is 19.3 Å². The van der Waals surface area contributed by atoms with Crippen LogP contribution in [0.4, 0.5) is 10.1 Å². The van der Waals surface area contributed by atoms with Crippen molar-refractivity contribution >= 4 is 28.8 Å². The van der Waals surface area contributed by atoms with Gasteiger partial charge in [0, 0.05) is 12.0 Å². The van der Waals surface area contributed by atoms with Crippen molar-refractivity contribution in [1.29, 1.82) is 0 Å². The number of benzene rings is 1. The normalized spacial score (nSPS) is 14.4. The number of hydrogen-bond acceptors (Lipinski definition) is 2. The molecule has 3 N–H and O–H groups in total. The Morgan fingerprint density at radius 2 is 2.24 bits per heavy atom. The lowest BCUT2D eigenvalue weighted by atomic mass is 10.1. The predicted octanol–water partition coefficient (Wildman–Crippen LogP) is 2.20. The summed E-state index contributed by atoms with van der Waals surface area (Å²) in [6, 6.07) is 3.98.